The predicted octanol–water partition coefficient (Wildman–Crippen LogP) is 5.67. The van der Waals surface area contributed by atoms with Gasteiger partial charge in [0.25, 0.3) is 11.8 Å². The van der Waals surface area contributed by atoms with Gasteiger partial charge in [-0.05, 0) is 52.9 Å². The number of halogens is 2. The van der Waals surface area contributed by atoms with Gasteiger partial charge in [0.1, 0.15) is 11.4 Å². The number of hydrogen-bond acceptors (Lipinski definition) is 4. The largest absolute Gasteiger partial charge is 0.497 e. The second kappa shape index (κ2) is 8.74. The maximum atomic E-state index is 13.8. The van der Waals surface area contributed by atoms with Crippen molar-refractivity contribution in [1.82, 2.24) is 0 Å². The van der Waals surface area contributed by atoms with Crippen LogP contribution in [0.3, 0.4) is 0 Å². The van der Waals surface area contributed by atoms with Gasteiger partial charge in [0.05, 0.1) is 18.4 Å². The van der Waals surface area contributed by atoms with Crippen LogP contribution in [-0.4, -0.2) is 18.9 Å². The number of anilines is 2. The zero-order valence-electron chi connectivity index (χ0n) is 19.3. The van der Waals surface area contributed by atoms with E-state index in [2.05, 4.69) is 26.1 Å². The van der Waals surface area contributed by atoms with Crippen molar-refractivity contribution < 1.29 is 23.1 Å². The first-order valence-electron chi connectivity index (χ1n) is 10.7. The third kappa shape index (κ3) is 4.29. The Labute approximate surface area is 196 Å². The van der Waals surface area contributed by atoms with Crippen LogP contribution in [0.25, 0.3) is 5.57 Å². The highest BCUT2D eigenvalue weighted by Gasteiger charge is 2.40. The summed E-state index contributed by atoms with van der Waals surface area (Å²) in [6.07, 6.45) is 0. The molecule has 0 spiro atoms. The lowest BCUT2D eigenvalue weighted by atomic mass is 9.87. The predicted molar refractivity (Wildman–Crippen MR) is 128 cm³/mol. The molecule has 34 heavy (non-hydrogen) atoms. The van der Waals surface area contributed by atoms with E-state index in [9.17, 15) is 18.4 Å². The normalized spacial score (nSPS) is 14.1. The Morgan fingerprint density at radius 3 is 2.03 bits per heavy atom. The number of carbonyl (C=O) groups is 2. The van der Waals surface area contributed by atoms with Gasteiger partial charge in [-0.3, -0.25) is 9.59 Å². The number of nitrogens with one attached hydrogen (secondary N) is 1. The van der Waals surface area contributed by atoms with E-state index >= 15 is 0 Å². The van der Waals surface area contributed by atoms with Gasteiger partial charge < -0.3 is 10.1 Å². The van der Waals surface area contributed by atoms with Gasteiger partial charge in [-0.1, -0.05) is 45.0 Å². The number of nitrogens with zero attached hydrogens (tertiary/aromatic N) is 1. The molecule has 0 bridgehead atoms. The first kappa shape index (κ1) is 23.2. The maximum absolute atomic E-state index is 13.8. The fraction of sp³-hybridized carbons (Fsp3) is 0.185. The first-order valence-corrected chi connectivity index (χ1v) is 10.7. The van der Waals surface area contributed by atoms with Crippen LogP contribution in [0.1, 0.15) is 31.9 Å². The molecule has 1 aliphatic heterocycles. The van der Waals surface area contributed by atoms with E-state index in [1.165, 1.54) is 13.2 Å². The van der Waals surface area contributed by atoms with Crippen LogP contribution in [0.4, 0.5) is 20.2 Å². The average molecular weight is 462 g/mol. The van der Waals surface area contributed by atoms with Gasteiger partial charge in [0.2, 0.25) is 0 Å². The van der Waals surface area contributed by atoms with E-state index in [1.807, 2.05) is 12.1 Å². The van der Waals surface area contributed by atoms with Gasteiger partial charge >= 0.3 is 0 Å². The number of benzene rings is 3. The Morgan fingerprint density at radius 1 is 0.824 bits per heavy atom. The molecule has 0 saturated carbocycles. The molecule has 0 fully saturated rings. The van der Waals surface area contributed by atoms with E-state index in [0.717, 1.165) is 22.6 Å². The lowest BCUT2D eigenvalue weighted by Crippen LogP contribution is -2.32. The summed E-state index contributed by atoms with van der Waals surface area (Å²) >= 11 is 0. The lowest BCUT2D eigenvalue weighted by Gasteiger charge is -2.21. The Kier molecular flexibility index (Phi) is 5.96. The van der Waals surface area contributed by atoms with Crippen molar-refractivity contribution in [2.24, 2.45) is 0 Å². The molecule has 0 aromatic heterocycles. The summed E-state index contributed by atoms with van der Waals surface area (Å²) in [7, 11) is 1.53. The van der Waals surface area contributed by atoms with Crippen LogP contribution in [0.15, 0.2) is 72.4 Å². The monoisotopic (exact) mass is 462 g/mol. The summed E-state index contributed by atoms with van der Waals surface area (Å²) in [6.45, 7) is 6.21. The molecule has 3 aromatic carbocycles. The number of ether oxygens (including phenoxy) is 1. The van der Waals surface area contributed by atoms with Crippen LogP contribution < -0.4 is 15.0 Å². The van der Waals surface area contributed by atoms with Crippen molar-refractivity contribution in [3.63, 3.8) is 0 Å². The van der Waals surface area contributed by atoms with Crippen molar-refractivity contribution >= 4 is 28.8 Å². The van der Waals surface area contributed by atoms with Gasteiger partial charge in [-0.2, -0.15) is 0 Å². The average Bonchev–Trinajstić information content (AvgIpc) is 3.05. The highest BCUT2D eigenvalue weighted by molar-refractivity contribution is 6.46. The molecule has 1 aliphatic rings. The van der Waals surface area contributed by atoms with Crippen LogP contribution >= 0.6 is 0 Å². The molecule has 4 rings (SSSR count). The molecule has 2 amide bonds. The Bertz CT molecular complexity index is 1290. The van der Waals surface area contributed by atoms with Crippen molar-refractivity contribution in [3.8, 4) is 5.75 Å². The molecule has 1 N–H and O–H groups in total. The molecule has 0 aliphatic carbocycles. The van der Waals surface area contributed by atoms with Crippen LogP contribution in [0.5, 0.6) is 5.75 Å². The number of carbonyl (C=O) groups excluding carboxylic acids is 2. The minimum atomic E-state index is -1.07. The van der Waals surface area contributed by atoms with Gasteiger partial charge in [0, 0.05) is 11.8 Å². The summed E-state index contributed by atoms with van der Waals surface area (Å²) in [5.41, 5.74) is 2.10. The Hall–Kier alpha value is -4.00. The summed E-state index contributed by atoms with van der Waals surface area (Å²) in [6, 6.07) is 17.1. The standard InChI is InChI=1S/C27H24F2N2O3/c1-27(2,3)17-7-10-19(11-8-17)31-25(32)23(16-5-12-20(34-4)13-6-16)24(26(31)33)30-18-9-14-21(28)22(29)15-18/h5-15,30H,1-4H3. The first-order chi connectivity index (χ1) is 16.1. The molecule has 1 heterocycles. The molecule has 7 heteroatoms. The highest BCUT2D eigenvalue weighted by atomic mass is 19.2. The Morgan fingerprint density at radius 2 is 1.47 bits per heavy atom. The smallest absolute Gasteiger partial charge is 0.282 e. The summed E-state index contributed by atoms with van der Waals surface area (Å²) < 4.78 is 32.4. The second-order valence-corrected chi connectivity index (χ2v) is 8.97. The summed E-state index contributed by atoms with van der Waals surface area (Å²) in [5.74, 6) is -2.61. The number of amides is 2. The van der Waals surface area contributed by atoms with Crippen LogP contribution in [0, 0.1) is 11.6 Å². The van der Waals surface area contributed by atoms with Gasteiger partial charge in [-0.15, -0.1) is 0 Å². The number of imide groups is 1. The van der Waals surface area contributed by atoms with Crippen molar-refractivity contribution in [2.45, 2.75) is 26.2 Å². The van der Waals surface area contributed by atoms with Gasteiger partial charge in [-0.25, -0.2) is 13.7 Å². The molecule has 0 radical (unpaired) electrons. The van der Waals surface area contributed by atoms with Gasteiger partial charge in [0.15, 0.2) is 11.6 Å². The van der Waals surface area contributed by atoms with Crippen molar-refractivity contribution in [2.75, 3.05) is 17.3 Å². The second-order valence-electron chi connectivity index (χ2n) is 8.97. The molecule has 174 valence electrons. The minimum Gasteiger partial charge on any atom is -0.497 e. The maximum Gasteiger partial charge on any atom is 0.282 e. The number of hydrogen-bond donors (Lipinski definition) is 1. The topological polar surface area (TPSA) is 58.6 Å². The van der Waals surface area contributed by atoms with Crippen LogP contribution in [0.2, 0.25) is 0 Å². The van der Waals surface area contributed by atoms with E-state index in [-0.39, 0.29) is 22.4 Å². The Balaban J connectivity index is 1.78. The number of methoxy groups -OCH3 is 1. The third-order valence-corrected chi connectivity index (χ3v) is 5.64. The molecule has 3 aromatic rings. The number of rotatable bonds is 5. The fourth-order valence-corrected chi connectivity index (χ4v) is 3.73. The molecular weight excluding hydrogens is 438 g/mol. The third-order valence-electron chi connectivity index (χ3n) is 5.64. The van der Waals surface area contributed by atoms with E-state index < -0.39 is 23.4 Å². The molecule has 0 unspecified atom stereocenters. The molecule has 0 atom stereocenters. The molecular formula is C27H24F2N2O3. The van der Waals surface area contributed by atoms with Crippen molar-refractivity contribution in [3.05, 3.63) is 95.2 Å². The summed E-state index contributed by atoms with van der Waals surface area (Å²) in [4.78, 5) is 28.0. The summed E-state index contributed by atoms with van der Waals surface area (Å²) in [5, 5.41) is 2.83. The quantitative estimate of drug-likeness (QED) is 0.497. The zero-order chi connectivity index (χ0) is 24.6. The molecule has 5 nitrogen and oxygen atoms in total. The molecule has 0 saturated heterocycles. The lowest BCUT2D eigenvalue weighted by molar-refractivity contribution is -0.120. The SMILES string of the molecule is COc1ccc(C2=C(Nc3ccc(F)c(F)c3)C(=O)N(c3ccc(C(C)(C)C)cc3)C2=O)cc1. The van der Waals surface area contributed by atoms with E-state index in [4.69, 9.17) is 4.74 Å². The van der Waals surface area contributed by atoms with Crippen molar-refractivity contribution in [1.29, 1.82) is 0 Å². The highest BCUT2D eigenvalue weighted by Crippen LogP contribution is 2.35. The fourth-order valence-electron chi connectivity index (χ4n) is 3.73. The minimum absolute atomic E-state index is 0.0268. The zero-order valence-corrected chi connectivity index (χ0v) is 19.3. The van der Waals surface area contributed by atoms with E-state index in [1.54, 1.807) is 36.4 Å². The van der Waals surface area contributed by atoms with Crippen LogP contribution in [-0.2, 0) is 15.0 Å². The van der Waals surface area contributed by atoms with E-state index in [0.29, 0.717) is 17.0 Å².